The summed E-state index contributed by atoms with van der Waals surface area (Å²) in [6.45, 7) is 0. The van der Waals surface area contributed by atoms with Gasteiger partial charge >= 0.3 is 0 Å². The van der Waals surface area contributed by atoms with E-state index in [4.69, 9.17) is 27.9 Å². The minimum Gasteiger partial charge on any atom is -0.496 e. The summed E-state index contributed by atoms with van der Waals surface area (Å²) in [4.78, 5) is -0.229. The minimum absolute atomic E-state index is 0.229. The van der Waals surface area contributed by atoms with Crippen molar-refractivity contribution in [3.63, 3.8) is 0 Å². The van der Waals surface area contributed by atoms with Gasteiger partial charge in [0, 0.05) is 5.56 Å². The van der Waals surface area contributed by atoms with Crippen LogP contribution in [0.15, 0.2) is 36.4 Å². The number of halogens is 4. The predicted octanol–water partition coefficient (Wildman–Crippen LogP) is 5.63. The summed E-state index contributed by atoms with van der Waals surface area (Å²) in [6, 6.07) is 9.67. The normalized spacial score (nSPS) is 12.3. The molecule has 0 amide bonds. The van der Waals surface area contributed by atoms with Crippen molar-refractivity contribution >= 4 is 39.1 Å². The molecule has 0 heterocycles. The highest BCUT2D eigenvalue weighted by Gasteiger charge is 2.17. The molecular formula is C14H10BrCl2FO. The quantitative estimate of drug-likeness (QED) is 0.642. The first-order valence-corrected chi connectivity index (χ1v) is 7.12. The molecule has 0 fully saturated rings. The second kappa shape index (κ2) is 6.12. The van der Waals surface area contributed by atoms with Crippen molar-refractivity contribution in [3.05, 3.63) is 63.4 Å². The van der Waals surface area contributed by atoms with Crippen LogP contribution in [0.4, 0.5) is 4.39 Å². The maximum atomic E-state index is 13.4. The lowest BCUT2D eigenvalue weighted by atomic mass is 10.0. The van der Waals surface area contributed by atoms with Crippen LogP contribution in [0.3, 0.4) is 0 Å². The minimum atomic E-state index is -0.319. The summed E-state index contributed by atoms with van der Waals surface area (Å²) < 4.78 is 18.6. The lowest BCUT2D eigenvalue weighted by molar-refractivity contribution is 0.409. The fourth-order valence-corrected chi connectivity index (χ4v) is 2.70. The van der Waals surface area contributed by atoms with Crippen LogP contribution in [0.5, 0.6) is 5.75 Å². The van der Waals surface area contributed by atoms with Gasteiger partial charge in [0.1, 0.15) is 11.6 Å². The van der Waals surface area contributed by atoms with Gasteiger partial charge in [-0.25, -0.2) is 4.39 Å². The van der Waals surface area contributed by atoms with Gasteiger partial charge in [0.25, 0.3) is 0 Å². The zero-order valence-corrected chi connectivity index (χ0v) is 13.1. The molecule has 1 unspecified atom stereocenters. The maximum Gasteiger partial charge on any atom is 0.123 e. The van der Waals surface area contributed by atoms with Crippen molar-refractivity contribution in [2.45, 2.75) is 4.83 Å². The second-order valence-corrected chi connectivity index (χ2v) is 5.65. The molecule has 0 spiro atoms. The molecule has 0 aliphatic rings. The van der Waals surface area contributed by atoms with E-state index in [0.717, 1.165) is 5.56 Å². The molecule has 0 aliphatic heterocycles. The first-order chi connectivity index (χ1) is 9.02. The molecule has 0 radical (unpaired) electrons. The molecule has 2 aromatic carbocycles. The summed E-state index contributed by atoms with van der Waals surface area (Å²) in [7, 11) is 1.55. The number of alkyl halides is 1. The monoisotopic (exact) mass is 362 g/mol. The highest BCUT2D eigenvalue weighted by atomic mass is 79.9. The van der Waals surface area contributed by atoms with Gasteiger partial charge in [-0.05, 0) is 35.9 Å². The number of hydrogen-bond donors (Lipinski definition) is 0. The van der Waals surface area contributed by atoms with E-state index in [-0.39, 0.29) is 10.6 Å². The van der Waals surface area contributed by atoms with Crippen molar-refractivity contribution in [1.29, 1.82) is 0 Å². The standard InChI is InChI=1S/C14H10BrCl2FO/c1-19-13-5-3-9(18)7-10(13)14(15)8-2-4-11(16)12(17)6-8/h2-7,14H,1H3. The average molecular weight is 364 g/mol. The van der Waals surface area contributed by atoms with Gasteiger partial charge in [0.2, 0.25) is 0 Å². The number of rotatable bonds is 3. The Balaban J connectivity index is 2.45. The van der Waals surface area contributed by atoms with Crippen LogP contribution in [0, 0.1) is 5.82 Å². The van der Waals surface area contributed by atoms with Gasteiger partial charge in [0.05, 0.1) is 22.0 Å². The lowest BCUT2D eigenvalue weighted by Crippen LogP contribution is -1.98. The third kappa shape index (κ3) is 3.22. The molecule has 19 heavy (non-hydrogen) atoms. The van der Waals surface area contributed by atoms with Crippen molar-refractivity contribution in [2.75, 3.05) is 7.11 Å². The van der Waals surface area contributed by atoms with Crippen molar-refractivity contribution in [2.24, 2.45) is 0 Å². The van der Waals surface area contributed by atoms with E-state index < -0.39 is 0 Å². The van der Waals surface area contributed by atoms with Crippen LogP contribution in [0.2, 0.25) is 10.0 Å². The zero-order chi connectivity index (χ0) is 14.0. The molecule has 0 saturated carbocycles. The van der Waals surface area contributed by atoms with Gasteiger partial charge in [-0.2, -0.15) is 0 Å². The Kier molecular flexibility index (Phi) is 4.71. The van der Waals surface area contributed by atoms with E-state index in [1.165, 1.54) is 12.1 Å². The molecule has 100 valence electrons. The van der Waals surface area contributed by atoms with Crippen LogP contribution in [0.25, 0.3) is 0 Å². The van der Waals surface area contributed by atoms with Gasteiger partial charge in [-0.15, -0.1) is 0 Å². The van der Waals surface area contributed by atoms with Crippen LogP contribution in [-0.4, -0.2) is 7.11 Å². The molecule has 2 aromatic rings. The first-order valence-electron chi connectivity index (χ1n) is 5.45. The summed E-state index contributed by atoms with van der Waals surface area (Å²) >= 11 is 15.4. The van der Waals surface area contributed by atoms with E-state index in [2.05, 4.69) is 15.9 Å². The topological polar surface area (TPSA) is 9.23 Å². The fourth-order valence-electron chi connectivity index (χ4n) is 1.75. The van der Waals surface area contributed by atoms with Gasteiger partial charge < -0.3 is 4.74 Å². The largest absolute Gasteiger partial charge is 0.496 e. The number of benzene rings is 2. The smallest absolute Gasteiger partial charge is 0.123 e. The number of methoxy groups -OCH3 is 1. The Bertz CT molecular complexity index is 604. The lowest BCUT2D eigenvalue weighted by Gasteiger charge is -2.15. The Morgan fingerprint density at radius 1 is 1.11 bits per heavy atom. The van der Waals surface area contributed by atoms with Gasteiger partial charge in [-0.1, -0.05) is 45.2 Å². The van der Waals surface area contributed by atoms with Gasteiger partial charge in [-0.3, -0.25) is 0 Å². The highest BCUT2D eigenvalue weighted by molar-refractivity contribution is 9.09. The molecule has 0 bridgehead atoms. The SMILES string of the molecule is COc1ccc(F)cc1C(Br)c1ccc(Cl)c(Cl)c1. The van der Waals surface area contributed by atoms with E-state index in [9.17, 15) is 4.39 Å². The Labute approximate surface area is 129 Å². The van der Waals surface area contributed by atoms with Crippen LogP contribution in [0.1, 0.15) is 16.0 Å². The Morgan fingerprint density at radius 3 is 2.47 bits per heavy atom. The predicted molar refractivity (Wildman–Crippen MR) is 80.2 cm³/mol. The molecule has 0 saturated heterocycles. The fraction of sp³-hybridized carbons (Fsp3) is 0.143. The summed E-state index contributed by atoms with van der Waals surface area (Å²) in [5.41, 5.74) is 1.57. The molecule has 1 atom stereocenters. The Morgan fingerprint density at radius 2 is 1.84 bits per heavy atom. The second-order valence-electron chi connectivity index (χ2n) is 3.92. The molecule has 0 aromatic heterocycles. The van der Waals surface area contributed by atoms with Crippen LogP contribution < -0.4 is 4.74 Å². The maximum absolute atomic E-state index is 13.4. The Hall–Kier alpha value is -0.770. The zero-order valence-electron chi connectivity index (χ0n) is 9.96. The number of hydrogen-bond acceptors (Lipinski definition) is 1. The van der Waals surface area contributed by atoms with E-state index >= 15 is 0 Å². The average Bonchev–Trinajstić information content (AvgIpc) is 2.41. The molecule has 2 rings (SSSR count). The van der Waals surface area contributed by atoms with Crippen molar-refractivity contribution in [1.82, 2.24) is 0 Å². The molecule has 0 N–H and O–H groups in total. The summed E-state index contributed by atoms with van der Waals surface area (Å²) in [6.07, 6.45) is 0. The van der Waals surface area contributed by atoms with Crippen molar-refractivity contribution in [3.8, 4) is 5.75 Å². The van der Waals surface area contributed by atoms with E-state index in [1.807, 2.05) is 6.07 Å². The molecular weight excluding hydrogens is 354 g/mol. The molecule has 1 nitrogen and oxygen atoms in total. The highest BCUT2D eigenvalue weighted by Crippen LogP contribution is 2.38. The number of ether oxygens (including phenoxy) is 1. The van der Waals surface area contributed by atoms with Gasteiger partial charge in [0.15, 0.2) is 0 Å². The van der Waals surface area contributed by atoms with Crippen LogP contribution in [-0.2, 0) is 0 Å². The summed E-state index contributed by atoms with van der Waals surface area (Å²) in [5.74, 6) is 0.287. The molecule has 5 heteroatoms. The van der Waals surface area contributed by atoms with Crippen molar-refractivity contribution < 1.29 is 9.13 Å². The summed E-state index contributed by atoms with van der Waals surface area (Å²) in [5, 5.41) is 0.940. The van der Waals surface area contributed by atoms with E-state index in [0.29, 0.717) is 21.4 Å². The third-order valence-electron chi connectivity index (χ3n) is 2.70. The molecule has 0 aliphatic carbocycles. The first kappa shape index (κ1) is 14.6. The third-order valence-corrected chi connectivity index (χ3v) is 4.46. The van der Waals surface area contributed by atoms with E-state index in [1.54, 1.807) is 25.3 Å². The van der Waals surface area contributed by atoms with Crippen LogP contribution >= 0.6 is 39.1 Å².